The average molecular weight is 342 g/mol. The molecule has 2 aromatic rings. The van der Waals surface area contributed by atoms with Gasteiger partial charge in [-0.25, -0.2) is 4.98 Å². The minimum absolute atomic E-state index is 0.438. The number of nitrogens with one attached hydrogen (secondary N) is 2. The molecule has 136 valence electrons. The Morgan fingerprint density at radius 2 is 1.76 bits per heavy atom. The van der Waals surface area contributed by atoms with E-state index in [1.54, 1.807) is 7.11 Å². The molecule has 5 nitrogen and oxygen atoms in total. The van der Waals surface area contributed by atoms with Crippen LogP contribution in [0, 0.1) is 6.92 Å². The van der Waals surface area contributed by atoms with Crippen molar-refractivity contribution in [2.24, 2.45) is 0 Å². The molecule has 1 heterocycles. The SMILES string of the molecule is CCCC(CCC)Nc1cc(C)nc(Nc2ccc(OC)cc2)c1N. The third-order valence-corrected chi connectivity index (χ3v) is 4.17. The number of hydrogen-bond acceptors (Lipinski definition) is 5. The van der Waals surface area contributed by atoms with Crippen LogP contribution in [0.4, 0.5) is 22.9 Å². The minimum atomic E-state index is 0.438. The molecule has 2 rings (SSSR count). The summed E-state index contributed by atoms with van der Waals surface area (Å²) >= 11 is 0. The Morgan fingerprint density at radius 1 is 1.12 bits per heavy atom. The number of hydrogen-bond donors (Lipinski definition) is 3. The van der Waals surface area contributed by atoms with E-state index in [9.17, 15) is 0 Å². The Labute approximate surface area is 151 Å². The van der Waals surface area contributed by atoms with Crippen LogP contribution < -0.4 is 21.1 Å². The fraction of sp³-hybridized carbons (Fsp3) is 0.450. The van der Waals surface area contributed by atoms with Crippen LogP contribution in [0.5, 0.6) is 5.75 Å². The fourth-order valence-corrected chi connectivity index (χ4v) is 2.91. The van der Waals surface area contributed by atoms with Gasteiger partial charge in [0.05, 0.1) is 18.5 Å². The first-order valence-electron chi connectivity index (χ1n) is 9.02. The number of aryl methyl sites for hydroxylation is 1. The summed E-state index contributed by atoms with van der Waals surface area (Å²) < 4.78 is 5.19. The van der Waals surface area contributed by atoms with Gasteiger partial charge in [0.2, 0.25) is 0 Å². The highest BCUT2D eigenvalue weighted by molar-refractivity contribution is 5.81. The summed E-state index contributed by atoms with van der Waals surface area (Å²) in [7, 11) is 1.66. The van der Waals surface area contributed by atoms with Crippen molar-refractivity contribution in [2.75, 3.05) is 23.5 Å². The van der Waals surface area contributed by atoms with Crippen LogP contribution in [0.15, 0.2) is 30.3 Å². The first-order chi connectivity index (χ1) is 12.1. The highest BCUT2D eigenvalue weighted by Gasteiger charge is 2.13. The second-order valence-electron chi connectivity index (χ2n) is 6.35. The van der Waals surface area contributed by atoms with Gasteiger partial charge in [-0.15, -0.1) is 0 Å². The molecule has 0 spiro atoms. The summed E-state index contributed by atoms with van der Waals surface area (Å²) in [5.41, 5.74) is 9.85. The average Bonchev–Trinajstić information content (AvgIpc) is 2.60. The van der Waals surface area contributed by atoms with Gasteiger partial charge in [0, 0.05) is 17.4 Å². The van der Waals surface area contributed by atoms with E-state index in [0.29, 0.717) is 17.5 Å². The topological polar surface area (TPSA) is 72.2 Å². The van der Waals surface area contributed by atoms with Crippen molar-refractivity contribution in [3.05, 3.63) is 36.0 Å². The van der Waals surface area contributed by atoms with E-state index >= 15 is 0 Å². The van der Waals surface area contributed by atoms with Gasteiger partial charge in [-0.05, 0) is 50.1 Å². The molecule has 0 aliphatic carbocycles. The van der Waals surface area contributed by atoms with Crippen molar-refractivity contribution in [1.29, 1.82) is 0 Å². The number of nitrogens with two attached hydrogens (primary N) is 1. The van der Waals surface area contributed by atoms with E-state index in [4.69, 9.17) is 10.5 Å². The summed E-state index contributed by atoms with van der Waals surface area (Å²) in [6, 6.07) is 10.2. The largest absolute Gasteiger partial charge is 0.497 e. The monoisotopic (exact) mass is 342 g/mol. The van der Waals surface area contributed by atoms with Gasteiger partial charge < -0.3 is 21.1 Å². The van der Waals surface area contributed by atoms with Gasteiger partial charge in [0.15, 0.2) is 5.82 Å². The number of nitrogen functional groups attached to an aromatic ring is 1. The minimum Gasteiger partial charge on any atom is -0.497 e. The molecule has 0 aliphatic heterocycles. The van der Waals surface area contributed by atoms with Crippen LogP contribution >= 0.6 is 0 Å². The fourth-order valence-electron chi connectivity index (χ4n) is 2.91. The summed E-state index contributed by atoms with van der Waals surface area (Å²) in [6.45, 7) is 6.41. The van der Waals surface area contributed by atoms with Gasteiger partial charge in [0.25, 0.3) is 0 Å². The van der Waals surface area contributed by atoms with Crippen LogP contribution in [0.1, 0.15) is 45.2 Å². The first-order valence-corrected chi connectivity index (χ1v) is 9.02. The molecule has 5 heteroatoms. The van der Waals surface area contributed by atoms with E-state index in [-0.39, 0.29) is 0 Å². The lowest BCUT2D eigenvalue weighted by Crippen LogP contribution is -2.20. The standard InChI is InChI=1S/C20H30N4O/c1-5-7-15(8-6-2)23-18-13-14(3)22-20(19(18)21)24-16-9-11-17(25-4)12-10-16/h9-13,15H,5-8,21H2,1-4H3,(H2,22,23,24). The Morgan fingerprint density at radius 3 is 2.32 bits per heavy atom. The number of anilines is 4. The van der Waals surface area contributed by atoms with Gasteiger partial charge in [-0.1, -0.05) is 26.7 Å². The molecule has 0 bridgehead atoms. The molecule has 0 radical (unpaired) electrons. The lowest BCUT2D eigenvalue weighted by atomic mass is 10.1. The predicted molar refractivity (Wildman–Crippen MR) is 107 cm³/mol. The number of pyridine rings is 1. The van der Waals surface area contributed by atoms with Gasteiger partial charge >= 0.3 is 0 Å². The van der Waals surface area contributed by atoms with E-state index < -0.39 is 0 Å². The van der Waals surface area contributed by atoms with Crippen molar-refractivity contribution >= 4 is 22.9 Å². The Balaban J connectivity index is 2.22. The zero-order valence-corrected chi connectivity index (χ0v) is 15.7. The van der Waals surface area contributed by atoms with E-state index in [1.165, 1.54) is 0 Å². The van der Waals surface area contributed by atoms with Crippen molar-refractivity contribution in [3.63, 3.8) is 0 Å². The Bertz CT molecular complexity index is 664. The first kappa shape index (κ1) is 18.9. The smallest absolute Gasteiger partial charge is 0.156 e. The molecule has 25 heavy (non-hydrogen) atoms. The van der Waals surface area contributed by atoms with Crippen LogP contribution in [0.3, 0.4) is 0 Å². The quantitative estimate of drug-likeness (QED) is 0.591. The van der Waals surface area contributed by atoms with Gasteiger partial charge in [-0.2, -0.15) is 0 Å². The summed E-state index contributed by atoms with van der Waals surface area (Å²) in [5.74, 6) is 1.50. The maximum Gasteiger partial charge on any atom is 0.156 e. The molecule has 0 saturated heterocycles. The zero-order chi connectivity index (χ0) is 18.2. The molecule has 0 fully saturated rings. The summed E-state index contributed by atoms with van der Waals surface area (Å²) in [5, 5.41) is 6.92. The number of benzene rings is 1. The second-order valence-corrected chi connectivity index (χ2v) is 6.35. The third kappa shape index (κ3) is 5.28. The third-order valence-electron chi connectivity index (χ3n) is 4.17. The molecule has 1 aromatic carbocycles. The van der Waals surface area contributed by atoms with E-state index in [1.807, 2.05) is 37.3 Å². The van der Waals surface area contributed by atoms with Crippen molar-refractivity contribution < 1.29 is 4.74 Å². The molecule has 0 unspecified atom stereocenters. The Kier molecular flexibility index (Phi) is 6.92. The highest BCUT2D eigenvalue weighted by Crippen LogP contribution is 2.31. The molecule has 4 N–H and O–H groups in total. The van der Waals surface area contributed by atoms with E-state index in [2.05, 4.69) is 29.5 Å². The summed E-state index contributed by atoms with van der Waals surface area (Å²) in [4.78, 5) is 4.56. The Hall–Kier alpha value is -2.43. The molecule has 0 amide bonds. The second kappa shape index (κ2) is 9.16. The highest BCUT2D eigenvalue weighted by atomic mass is 16.5. The number of methoxy groups -OCH3 is 1. The van der Waals surface area contributed by atoms with Crippen molar-refractivity contribution in [1.82, 2.24) is 4.98 Å². The summed E-state index contributed by atoms with van der Waals surface area (Å²) in [6.07, 6.45) is 4.57. The van der Waals surface area contributed by atoms with Crippen LogP contribution in [0.2, 0.25) is 0 Å². The lowest BCUT2D eigenvalue weighted by Gasteiger charge is -2.21. The number of aromatic nitrogens is 1. The molecule has 0 atom stereocenters. The van der Waals surface area contributed by atoms with Crippen molar-refractivity contribution in [3.8, 4) is 5.75 Å². The van der Waals surface area contributed by atoms with Crippen LogP contribution in [-0.4, -0.2) is 18.1 Å². The van der Waals surface area contributed by atoms with Gasteiger partial charge in [-0.3, -0.25) is 0 Å². The maximum absolute atomic E-state index is 6.38. The van der Waals surface area contributed by atoms with Gasteiger partial charge in [0.1, 0.15) is 5.75 Å². The lowest BCUT2D eigenvalue weighted by molar-refractivity contribution is 0.415. The number of rotatable bonds is 9. The normalized spacial score (nSPS) is 10.8. The maximum atomic E-state index is 6.38. The van der Waals surface area contributed by atoms with Crippen LogP contribution in [-0.2, 0) is 0 Å². The molecule has 1 aromatic heterocycles. The molecular weight excluding hydrogens is 312 g/mol. The van der Waals surface area contributed by atoms with Crippen molar-refractivity contribution in [2.45, 2.75) is 52.5 Å². The molecule has 0 saturated carbocycles. The van der Waals surface area contributed by atoms with Crippen LogP contribution in [0.25, 0.3) is 0 Å². The predicted octanol–water partition coefficient (Wildman–Crippen LogP) is 5.11. The molecule has 0 aliphatic rings. The number of ether oxygens (including phenoxy) is 1. The number of nitrogens with zero attached hydrogens (tertiary/aromatic N) is 1. The zero-order valence-electron chi connectivity index (χ0n) is 15.7. The van der Waals surface area contributed by atoms with E-state index in [0.717, 1.165) is 48.5 Å². The molecular formula is C20H30N4O.